The molecular weight excluding hydrogens is 620 g/mol. The molecule has 6 N–H and O–H groups in total. The van der Waals surface area contributed by atoms with Crippen LogP contribution in [0.2, 0.25) is 0 Å². The topological polar surface area (TPSA) is 167 Å². The maximum absolute atomic E-state index is 13.8. The summed E-state index contributed by atoms with van der Waals surface area (Å²) in [4.78, 5) is 59.3. The lowest BCUT2D eigenvalue weighted by molar-refractivity contribution is -0.133. The van der Waals surface area contributed by atoms with Crippen LogP contribution in [0.5, 0.6) is 0 Å². The lowest BCUT2D eigenvalue weighted by Gasteiger charge is -2.47. The first kappa shape index (κ1) is 35.9. The van der Waals surface area contributed by atoms with Gasteiger partial charge in [0.1, 0.15) is 11.7 Å². The average Bonchev–Trinajstić information content (AvgIpc) is 3.06. The number of aliphatic hydroxyl groups excluding tert-OH is 1. The van der Waals surface area contributed by atoms with Crippen molar-refractivity contribution in [3.63, 3.8) is 0 Å². The van der Waals surface area contributed by atoms with Crippen molar-refractivity contribution in [3.8, 4) is 0 Å². The van der Waals surface area contributed by atoms with Crippen LogP contribution in [-0.2, 0) is 20.8 Å². The van der Waals surface area contributed by atoms with Gasteiger partial charge in [0, 0.05) is 24.0 Å². The zero-order chi connectivity index (χ0) is 35.1. The molecule has 1 aliphatic carbocycles. The first-order valence-corrected chi connectivity index (χ1v) is 17.4. The second-order valence-corrected chi connectivity index (χ2v) is 14.7. The Morgan fingerprint density at radius 2 is 1.63 bits per heavy atom. The number of benzene rings is 2. The number of amides is 4. The number of fused-ring (bicyclic) bond motifs is 2. The molecule has 2 aliphatic rings. The fourth-order valence-electron chi connectivity index (χ4n) is 7.26. The van der Waals surface area contributed by atoms with E-state index in [2.05, 4.69) is 25.8 Å². The van der Waals surface area contributed by atoms with E-state index in [9.17, 15) is 24.3 Å². The van der Waals surface area contributed by atoms with Crippen LogP contribution in [0.4, 0.5) is 0 Å². The molecule has 5 rings (SSSR count). The minimum absolute atomic E-state index is 0.0566. The van der Waals surface area contributed by atoms with Crippen LogP contribution in [0.25, 0.3) is 10.9 Å². The summed E-state index contributed by atoms with van der Waals surface area (Å²) in [6.07, 6.45) is 4.03. The van der Waals surface area contributed by atoms with Crippen LogP contribution in [0.1, 0.15) is 75.3 Å². The third-order valence-corrected chi connectivity index (χ3v) is 9.67. The lowest BCUT2D eigenvalue weighted by atomic mass is 9.72. The van der Waals surface area contributed by atoms with Crippen LogP contribution >= 0.6 is 0 Å². The van der Waals surface area contributed by atoms with Crippen LogP contribution in [-0.4, -0.2) is 81.5 Å². The predicted octanol–water partition coefficient (Wildman–Crippen LogP) is 3.09. The number of carbonyl (C=O) groups is 4. The van der Waals surface area contributed by atoms with Gasteiger partial charge in [-0.1, -0.05) is 73.9 Å². The van der Waals surface area contributed by atoms with Crippen molar-refractivity contribution in [3.05, 3.63) is 78.0 Å². The number of nitrogens with two attached hydrogens (primary N) is 1. The number of β-amino-alcohol motifs (C(OH)–C–C–N with tert-alkyl or cyclic N) is 1. The normalized spacial score (nSPS) is 21.5. The number of aliphatic hydroxyl groups is 1. The Kier molecular flexibility index (Phi) is 11.7. The van der Waals surface area contributed by atoms with Gasteiger partial charge < -0.3 is 26.8 Å². The standard InChI is InChI=1S/C38H50N6O5/c1-38(2,3)43-37(49)32-20-26-14-7-8-15-27(26)22-44(32)23-33(45)30(19-24-11-5-4-6-12-24)41-36(48)31(21-34(39)46)42-35(47)29-18-17-25-13-9-10-16-28(25)40-29/h4-6,9-13,16-18,26-27,30-33,45H,7-8,14-15,19-23H2,1-3H3,(H2,39,46)(H,41,48)(H,42,47)(H,43,49)/t26?,27?,30-,31-,32-,33?/m0/s1. The van der Waals surface area contributed by atoms with Crippen LogP contribution < -0.4 is 21.7 Å². The summed E-state index contributed by atoms with van der Waals surface area (Å²) >= 11 is 0. The zero-order valence-electron chi connectivity index (χ0n) is 28.7. The number of para-hydroxylation sites is 1. The van der Waals surface area contributed by atoms with E-state index >= 15 is 0 Å². The highest BCUT2D eigenvalue weighted by atomic mass is 16.3. The molecule has 1 saturated carbocycles. The molecule has 3 aromatic rings. The maximum atomic E-state index is 13.8. The number of rotatable bonds is 12. The van der Waals surface area contributed by atoms with Crippen molar-refractivity contribution in [1.82, 2.24) is 25.8 Å². The number of primary amides is 1. The van der Waals surface area contributed by atoms with Gasteiger partial charge in [0.25, 0.3) is 5.91 Å². The number of hydrogen-bond acceptors (Lipinski definition) is 7. The summed E-state index contributed by atoms with van der Waals surface area (Å²) in [6.45, 7) is 6.73. The molecule has 3 unspecified atom stereocenters. The van der Waals surface area contributed by atoms with E-state index in [1.165, 1.54) is 6.42 Å². The van der Waals surface area contributed by atoms with Crippen molar-refractivity contribution < 1.29 is 24.3 Å². The Labute approximate surface area is 288 Å². The molecule has 2 heterocycles. The fourth-order valence-corrected chi connectivity index (χ4v) is 7.26. The quantitative estimate of drug-likeness (QED) is 0.198. The van der Waals surface area contributed by atoms with E-state index in [-0.39, 0.29) is 24.6 Å². The summed E-state index contributed by atoms with van der Waals surface area (Å²) in [7, 11) is 0. The van der Waals surface area contributed by atoms with Gasteiger partial charge >= 0.3 is 0 Å². The lowest BCUT2D eigenvalue weighted by Crippen LogP contribution is -2.61. The SMILES string of the molecule is CC(C)(C)NC(=O)[C@@H]1CC2CCCCC2CN1CC(O)[C@H](Cc1ccccc1)NC(=O)[C@H](CC(N)=O)NC(=O)c1ccc2ccccc2n1. The van der Waals surface area contributed by atoms with Crippen molar-refractivity contribution >= 4 is 34.5 Å². The van der Waals surface area contributed by atoms with Crippen molar-refractivity contribution in [2.45, 2.75) is 95.5 Å². The number of hydrogen-bond donors (Lipinski definition) is 5. The van der Waals surface area contributed by atoms with Crippen molar-refractivity contribution in [2.75, 3.05) is 13.1 Å². The number of nitrogens with zero attached hydrogens (tertiary/aromatic N) is 2. The molecule has 0 bridgehead atoms. The largest absolute Gasteiger partial charge is 0.390 e. The van der Waals surface area contributed by atoms with Crippen LogP contribution in [0, 0.1) is 11.8 Å². The Hall–Kier alpha value is -4.35. The third-order valence-electron chi connectivity index (χ3n) is 9.67. The van der Waals surface area contributed by atoms with Crippen LogP contribution in [0.3, 0.4) is 0 Å². The van der Waals surface area contributed by atoms with Crippen molar-refractivity contribution in [2.24, 2.45) is 17.6 Å². The highest BCUT2D eigenvalue weighted by Crippen LogP contribution is 2.39. The van der Waals surface area contributed by atoms with Gasteiger partial charge in [-0.15, -0.1) is 0 Å². The molecule has 11 nitrogen and oxygen atoms in total. The molecule has 2 aromatic carbocycles. The Morgan fingerprint density at radius 3 is 2.35 bits per heavy atom. The van der Waals surface area contributed by atoms with E-state index in [1.807, 2.05) is 69.3 Å². The summed E-state index contributed by atoms with van der Waals surface area (Å²) in [6, 6.07) is 17.6. The highest BCUT2D eigenvalue weighted by Gasteiger charge is 2.42. The number of pyridine rings is 1. The Bertz CT molecular complexity index is 1630. The van der Waals surface area contributed by atoms with Gasteiger partial charge in [0.15, 0.2) is 0 Å². The highest BCUT2D eigenvalue weighted by molar-refractivity contribution is 5.99. The number of nitrogens with one attached hydrogen (secondary N) is 3. The molecule has 0 radical (unpaired) electrons. The fraction of sp³-hybridized carbons (Fsp3) is 0.500. The van der Waals surface area contributed by atoms with E-state index in [0.29, 0.717) is 23.9 Å². The van der Waals surface area contributed by atoms with Crippen LogP contribution in [0.15, 0.2) is 66.7 Å². The molecule has 262 valence electrons. The van der Waals surface area contributed by atoms with Gasteiger partial charge in [-0.2, -0.15) is 0 Å². The Morgan fingerprint density at radius 1 is 0.939 bits per heavy atom. The molecule has 0 spiro atoms. The predicted molar refractivity (Wildman–Crippen MR) is 188 cm³/mol. The van der Waals surface area contributed by atoms with Gasteiger partial charge in [0.05, 0.1) is 30.1 Å². The van der Waals surface area contributed by atoms with Gasteiger partial charge in [-0.25, -0.2) is 4.98 Å². The molecule has 1 saturated heterocycles. The number of likely N-dealkylation sites (tertiary alicyclic amines) is 1. The summed E-state index contributed by atoms with van der Waals surface area (Å²) in [5, 5.41) is 21.4. The number of aromatic nitrogens is 1. The molecule has 4 amide bonds. The second kappa shape index (κ2) is 15.9. The molecule has 11 heteroatoms. The van der Waals surface area contributed by atoms with Crippen molar-refractivity contribution in [1.29, 1.82) is 0 Å². The number of piperidine rings is 1. The molecule has 1 aliphatic heterocycles. The average molecular weight is 671 g/mol. The zero-order valence-corrected chi connectivity index (χ0v) is 28.7. The smallest absolute Gasteiger partial charge is 0.270 e. The minimum Gasteiger partial charge on any atom is -0.390 e. The minimum atomic E-state index is -1.30. The van der Waals surface area contributed by atoms with E-state index in [4.69, 9.17) is 5.73 Å². The first-order valence-electron chi connectivity index (χ1n) is 17.4. The molecule has 49 heavy (non-hydrogen) atoms. The summed E-state index contributed by atoms with van der Waals surface area (Å²) < 4.78 is 0. The molecule has 1 aromatic heterocycles. The van der Waals surface area contributed by atoms with E-state index in [1.54, 1.807) is 18.2 Å². The maximum Gasteiger partial charge on any atom is 0.270 e. The monoisotopic (exact) mass is 670 g/mol. The Balaban J connectivity index is 1.35. The molecule has 2 fully saturated rings. The number of carbonyl (C=O) groups excluding carboxylic acids is 4. The molecular formula is C38H50N6O5. The molecule has 6 atom stereocenters. The van der Waals surface area contributed by atoms with E-state index in [0.717, 1.165) is 36.6 Å². The third kappa shape index (κ3) is 9.86. The first-order chi connectivity index (χ1) is 23.4. The van der Waals surface area contributed by atoms with Gasteiger partial charge in [-0.3, -0.25) is 24.1 Å². The van der Waals surface area contributed by atoms with Gasteiger partial charge in [0.2, 0.25) is 17.7 Å². The summed E-state index contributed by atoms with van der Waals surface area (Å²) in [5.74, 6) is -1.20. The second-order valence-electron chi connectivity index (χ2n) is 14.7. The van der Waals surface area contributed by atoms with Gasteiger partial charge in [-0.05, 0) is 69.6 Å². The summed E-state index contributed by atoms with van der Waals surface area (Å²) in [5.41, 5.74) is 6.70. The van der Waals surface area contributed by atoms with E-state index < -0.39 is 53.9 Å².